The third-order valence-corrected chi connectivity index (χ3v) is 9.98. The summed E-state index contributed by atoms with van der Waals surface area (Å²) in [5, 5.41) is 7.82. The highest BCUT2D eigenvalue weighted by molar-refractivity contribution is 5.83. The number of benzene rings is 3. The number of rotatable bonds is 9. The van der Waals surface area contributed by atoms with E-state index in [1.807, 2.05) is 73.9 Å². The summed E-state index contributed by atoms with van der Waals surface area (Å²) in [7, 11) is 2.02. The average molecular weight is 721 g/mol. The smallest absolute Gasteiger partial charge is 0.187 e. The molecular formula is C42H40N8O4. The molecule has 54 heavy (non-hydrogen) atoms. The maximum atomic E-state index is 10.9. The number of ether oxygens (including phenoxy) is 3. The number of carbonyl (C=O) groups is 1. The van der Waals surface area contributed by atoms with Gasteiger partial charge in [0.25, 0.3) is 0 Å². The summed E-state index contributed by atoms with van der Waals surface area (Å²) in [6, 6.07) is 31.4. The Morgan fingerprint density at radius 3 is 2.57 bits per heavy atom. The SMILES string of the molecule is CNC1(C)CCc2cc(-n3c(-c4cccnc4N)nc4ccc(-n5cccn5)nc43)ccc21.O=Cc1ccc(OCc2ccccc2)c(C2OCCO2)c1. The molecule has 7 aromatic rings. The van der Waals surface area contributed by atoms with Gasteiger partial charge in [0, 0.05) is 35.4 Å². The van der Waals surface area contributed by atoms with Gasteiger partial charge >= 0.3 is 0 Å². The molecule has 0 saturated carbocycles. The van der Waals surface area contributed by atoms with E-state index in [0.29, 0.717) is 37.0 Å². The number of imidazole rings is 1. The Balaban J connectivity index is 0.000000170. The highest BCUT2D eigenvalue weighted by atomic mass is 16.7. The number of nitrogens with one attached hydrogen (secondary N) is 1. The summed E-state index contributed by atoms with van der Waals surface area (Å²) in [6.07, 6.45) is 7.73. The Hall–Kier alpha value is -6.21. The van der Waals surface area contributed by atoms with Crippen LogP contribution in [0.4, 0.5) is 5.82 Å². The topological polar surface area (TPSA) is 144 Å². The minimum Gasteiger partial charge on any atom is -0.488 e. The Morgan fingerprint density at radius 2 is 1.81 bits per heavy atom. The number of hydrogen-bond acceptors (Lipinski definition) is 10. The maximum absolute atomic E-state index is 10.9. The molecule has 12 heteroatoms. The summed E-state index contributed by atoms with van der Waals surface area (Å²) in [5.41, 5.74) is 14.6. The van der Waals surface area contributed by atoms with Crippen molar-refractivity contribution >= 4 is 23.3 Å². The molecule has 2 aliphatic rings. The Bertz CT molecular complexity index is 2410. The van der Waals surface area contributed by atoms with Gasteiger partial charge in [-0.15, -0.1) is 0 Å². The summed E-state index contributed by atoms with van der Waals surface area (Å²) in [6.45, 7) is 3.81. The molecule has 5 heterocycles. The predicted molar refractivity (Wildman–Crippen MR) is 206 cm³/mol. The Labute approximate surface area is 312 Å². The van der Waals surface area contributed by atoms with Crippen molar-refractivity contribution in [2.24, 2.45) is 0 Å². The molecule has 0 radical (unpaired) electrons. The quantitative estimate of drug-likeness (QED) is 0.154. The van der Waals surface area contributed by atoms with E-state index in [2.05, 4.69) is 45.1 Å². The first kappa shape index (κ1) is 34.9. The molecule has 1 aliphatic carbocycles. The number of pyridine rings is 2. The van der Waals surface area contributed by atoms with Crippen LogP contribution >= 0.6 is 0 Å². The summed E-state index contributed by atoms with van der Waals surface area (Å²) < 4.78 is 20.7. The van der Waals surface area contributed by atoms with Crippen molar-refractivity contribution in [2.75, 3.05) is 26.0 Å². The number of aryl methyl sites for hydroxylation is 1. The molecule has 1 saturated heterocycles. The average Bonchev–Trinajstić information content (AvgIpc) is 4.05. The van der Waals surface area contributed by atoms with Gasteiger partial charge in [-0.25, -0.2) is 19.6 Å². The molecule has 9 rings (SSSR count). The monoisotopic (exact) mass is 720 g/mol. The van der Waals surface area contributed by atoms with Crippen molar-refractivity contribution in [3.05, 3.63) is 143 Å². The fourth-order valence-corrected chi connectivity index (χ4v) is 6.98. The second-order valence-electron chi connectivity index (χ2n) is 13.4. The van der Waals surface area contributed by atoms with Gasteiger partial charge in [-0.3, -0.25) is 9.36 Å². The van der Waals surface area contributed by atoms with Gasteiger partial charge < -0.3 is 25.3 Å². The fraction of sp³-hybridized carbons (Fsp3) is 0.214. The number of aromatic nitrogens is 6. The standard InChI is InChI=1S/C25H24N8.C17H16O4/c1-25(27-2)11-10-16-15-17(6-7-19(16)25)33-23(18-5-3-12-28-22(18)26)30-20-8-9-21(31-24(20)33)32-14-4-13-29-32;18-11-14-6-7-16(15(10-14)17-19-8-9-20-17)21-12-13-4-2-1-3-5-13/h3-9,12-15,27H,10-11H2,1-2H3,(H2,26,28);1-7,10-11,17H,8-9,12H2. The highest BCUT2D eigenvalue weighted by Gasteiger charge is 2.33. The second-order valence-corrected chi connectivity index (χ2v) is 13.4. The van der Waals surface area contributed by atoms with Crippen molar-refractivity contribution in [2.45, 2.75) is 38.2 Å². The molecule has 0 amide bonds. The van der Waals surface area contributed by atoms with Crippen LogP contribution in [0.5, 0.6) is 5.75 Å². The molecule has 3 aromatic carbocycles. The first-order valence-electron chi connectivity index (χ1n) is 17.9. The van der Waals surface area contributed by atoms with Crippen molar-refractivity contribution < 1.29 is 19.0 Å². The van der Waals surface area contributed by atoms with Crippen molar-refractivity contribution in [1.29, 1.82) is 0 Å². The number of anilines is 1. The van der Waals surface area contributed by atoms with Crippen LogP contribution in [0.25, 0.3) is 34.1 Å². The van der Waals surface area contributed by atoms with Crippen LogP contribution in [-0.2, 0) is 28.0 Å². The lowest BCUT2D eigenvalue weighted by Crippen LogP contribution is -2.34. The predicted octanol–water partition coefficient (Wildman–Crippen LogP) is 6.75. The Morgan fingerprint density at radius 1 is 0.963 bits per heavy atom. The molecule has 1 aliphatic heterocycles. The number of nitrogen functional groups attached to an aromatic ring is 1. The van der Waals surface area contributed by atoms with Gasteiger partial charge in [0.05, 0.1) is 24.3 Å². The zero-order valence-corrected chi connectivity index (χ0v) is 30.1. The normalized spacial score (nSPS) is 16.6. The van der Waals surface area contributed by atoms with Gasteiger partial charge in [0.2, 0.25) is 0 Å². The van der Waals surface area contributed by atoms with Crippen LogP contribution in [-0.4, -0.2) is 55.8 Å². The van der Waals surface area contributed by atoms with E-state index < -0.39 is 6.29 Å². The summed E-state index contributed by atoms with van der Waals surface area (Å²) in [4.78, 5) is 25.1. The van der Waals surface area contributed by atoms with E-state index in [4.69, 9.17) is 29.9 Å². The molecular weight excluding hydrogens is 681 g/mol. The van der Waals surface area contributed by atoms with Crippen molar-refractivity contribution in [1.82, 2.24) is 34.6 Å². The van der Waals surface area contributed by atoms with E-state index in [1.54, 1.807) is 35.3 Å². The number of nitrogens with two attached hydrogens (primary N) is 1. The van der Waals surface area contributed by atoms with Gasteiger partial charge in [0.1, 0.15) is 30.0 Å². The van der Waals surface area contributed by atoms with Gasteiger partial charge in [0.15, 0.2) is 23.6 Å². The molecule has 272 valence electrons. The fourth-order valence-electron chi connectivity index (χ4n) is 6.98. The van der Waals surface area contributed by atoms with Crippen LogP contribution in [0, 0.1) is 0 Å². The van der Waals surface area contributed by atoms with E-state index in [0.717, 1.165) is 64.3 Å². The summed E-state index contributed by atoms with van der Waals surface area (Å²) >= 11 is 0. The van der Waals surface area contributed by atoms with Gasteiger partial charge in [-0.05, 0) is 104 Å². The largest absolute Gasteiger partial charge is 0.488 e. The third kappa shape index (κ3) is 6.85. The van der Waals surface area contributed by atoms with Crippen LogP contribution in [0.1, 0.15) is 52.2 Å². The highest BCUT2D eigenvalue weighted by Crippen LogP contribution is 2.39. The molecule has 12 nitrogen and oxygen atoms in total. The number of carbonyl (C=O) groups excluding carboxylic acids is 1. The molecule has 3 N–H and O–H groups in total. The van der Waals surface area contributed by atoms with E-state index in [9.17, 15) is 4.79 Å². The van der Waals surface area contributed by atoms with Crippen molar-refractivity contribution in [3.63, 3.8) is 0 Å². The lowest BCUT2D eigenvalue weighted by Gasteiger charge is -2.25. The van der Waals surface area contributed by atoms with Gasteiger partial charge in [-0.2, -0.15) is 5.10 Å². The first-order valence-corrected chi connectivity index (χ1v) is 17.9. The number of nitrogens with zero attached hydrogens (tertiary/aromatic N) is 6. The number of fused-ring (bicyclic) bond motifs is 2. The molecule has 0 bridgehead atoms. The second kappa shape index (κ2) is 15.0. The minimum atomic E-state index is -0.462. The number of hydrogen-bond donors (Lipinski definition) is 2. The lowest BCUT2D eigenvalue weighted by molar-refractivity contribution is -0.0458. The number of aldehydes is 1. The van der Waals surface area contributed by atoms with Crippen molar-refractivity contribution in [3.8, 4) is 28.6 Å². The minimum absolute atomic E-state index is 0.00696. The summed E-state index contributed by atoms with van der Waals surface area (Å²) in [5.74, 6) is 2.56. The third-order valence-electron chi connectivity index (χ3n) is 9.98. The van der Waals surface area contributed by atoms with Crippen LogP contribution in [0.2, 0.25) is 0 Å². The molecule has 1 fully saturated rings. The van der Waals surface area contributed by atoms with E-state index >= 15 is 0 Å². The van der Waals surface area contributed by atoms with Crippen LogP contribution in [0.15, 0.2) is 116 Å². The molecule has 1 atom stereocenters. The zero-order valence-electron chi connectivity index (χ0n) is 30.1. The zero-order chi connectivity index (χ0) is 37.1. The molecule has 0 spiro atoms. The van der Waals surface area contributed by atoms with E-state index in [-0.39, 0.29) is 5.54 Å². The first-order chi connectivity index (χ1) is 26.4. The van der Waals surface area contributed by atoms with Crippen LogP contribution < -0.4 is 15.8 Å². The molecule has 4 aromatic heterocycles. The van der Waals surface area contributed by atoms with Crippen LogP contribution in [0.3, 0.4) is 0 Å². The van der Waals surface area contributed by atoms with E-state index in [1.165, 1.54) is 11.1 Å². The molecule has 1 unspecified atom stereocenters. The maximum Gasteiger partial charge on any atom is 0.187 e. The lowest BCUT2D eigenvalue weighted by atomic mass is 9.94. The Kier molecular flexibility index (Phi) is 9.70. The van der Waals surface area contributed by atoms with Gasteiger partial charge in [-0.1, -0.05) is 36.4 Å².